The van der Waals surface area contributed by atoms with Crippen molar-refractivity contribution in [3.05, 3.63) is 24.6 Å². The van der Waals surface area contributed by atoms with Crippen LogP contribution in [0.3, 0.4) is 0 Å². The number of hydrogen-bond acceptors (Lipinski definition) is 1. The van der Waals surface area contributed by atoms with E-state index in [4.69, 9.17) is 2.74 Å². The third-order valence-electron chi connectivity index (χ3n) is 0.337. The van der Waals surface area contributed by atoms with Gasteiger partial charge in [0.2, 0.25) is 0 Å². The first kappa shape index (κ1) is 1.17. The second-order valence-electron chi connectivity index (χ2n) is 0.667. The van der Waals surface area contributed by atoms with Crippen molar-refractivity contribution in [1.29, 1.82) is 0 Å². The molecule has 0 bridgehead atoms. The predicted molar refractivity (Wildman–Crippen MR) is 18.7 cm³/mol. The maximum Gasteiger partial charge on any atom is 0.104 e. The molecule has 0 aliphatic heterocycles. The molecule has 0 aromatic carbocycles. The molecule has 0 amide bonds. The van der Waals surface area contributed by atoms with Crippen LogP contribution in [0.4, 0.5) is 0 Å². The molecule has 0 radical (unpaired) electrons. The van der Waals surface area contributed by atoms with Crippen molar-refractivity contribution in [3.8, 4) is 0 Å². The Labute approximate surface area is 33.0 Å². The molecule has 1 rings (SSSR count). The summed E-state index contributed by atoms with van der Waals surface area (Å²) in [4.78, 5) is 0. The van der Waals surface area contributed by atoms with Crippen molar-refractivity contribution >= 4 is 0 Å². The summed E-state index contributed by atoms with van der Waals surface area (Å²) in [7, 11) is 0. The van der Waals surface area contributed by atoms with Gasteiger partial charge in [-0.3, -0.25) is 0 Å². The quantitative estimate of drug-likeness (QED) is 0.448. The third kappa shape index (κ3) is 0.293. The lowest BCUT2D eigenvalue weighted by atomic mass is 10.7. The normalized spacial score (nSPS) is 13.6. The Balaban J connectivity index is 3.12. The molecule has 1 aromatic heterocycles. The second-order valence-corrected chi connectivity index (χ2v) is 0.667. The number of rotatable bonds is 0. The highest BCUT2D eigenvalue weighted by atomic mass is 16.3. The molecule has 0 spiro atoms. The van der Waals surface area contributed by atoms with Crippen molar-refractivity contribution in [2.75, 3.05) is 0 Å². The lowest BCUT2D eigenvalue weighted by Crippen LogP contribution is -1.16. The fraction of sp³-hybridized carbons (Fsp3) is 0. The Morgan fingerprint density at radius 1 is 1.80 bits per heavy atom. The largest absolute Gasteiger partial charge is 0.473 e. The van der Waals surface area contributed by atoms with E-state index in [-0.39, 0.29) is 12.3 Å². The van der Waals surface area contributed by atoms with Crippen molar-refractivity contribution in [2.45, 2.75) is 0 Å². The Kier molecular flexibility index (Phi) is 0.217. The molecule has 1 heterocycles. The van der Waals surface area contributed by atoms with Gasteiger partial charge in [-0.15, -0.1) is 0 Å². The van der Waals surface area contributed by atoms with E-state index >= 15 is 0 Å². The van der Waals surface area contributed by atoms with Gasteiger partial charge in [0.15, 0.2) is 0 Å². The van der Waals surface area contributed by atoms with E-state index in [2.05, 4.69) is 4.42 Å². The first-order valence-corrected chi connectivity index (χ1v) is 1.31. The maximum absolute atomic E-state index is 6.82. The molecule has 0 fully saturated rings. The average Bonchev–Trinajstić information content (AvgIpc) is 1.91. The van der Waals surface area contributed by atoms with Gasteiger partial charge in [-0.1, -0.05) is 0 Å². The summed E-state index contributed by atoms with van der Waals surface area (Å²) in [5.74, 6) is 0. The second kappa shape index (κ2) is 0.931. The Morgan fingerprint density at radius 2 is 2.80 bits per heavy atom. The van der Waals surface area contributed by atoms with Crippen LogP contribution in [-0.4, -0.2) is 0 Å². The SMILES string of the molecule is [2H]c1ccoc1[2H]. The zero-order valence-corrected chi connectivity index (χ0v) is 2.56. The smallest absolute Gasteiger partial charge is 0.104 e. The summed E-state index contributed by atoms with van der Waals surface area (Å²) in [6.07, 6.45) is 1.25. The van der Waals surface area contributed by atoms with Crippen molar-refractivity contribution < 1.29 is 7.16 Å². The number of hydrogen-bond donors (Lipinski definition) is 0. The van der Waals surface area contributed by atoms with E-state index in [1.54, 1.807) is 0 Å². The molecule has 5 heavy (non-hydrogen) atoms. The molecule has 26 valence electrons. The average molecular weight is 70.1 g/mol. The van der Waals surface area contributed by atoms with E-state index in [1.807, 2.05) is 0 Å². The fourth-order valence-corrected chi connectivity index (χ4v) is 0.170. The third-order valence-corrected chi connectivity index (χ3v) is 0.337. The van der Waals surface area contributed by atoms with Gasteiger partial charge in [-0.25, -0.2) is 0 Å². The molecule has 0 saturated carbocycles. The van der Waals surface area contributed by atoms with E-state index < -0.39 is 0 Å². The number of furan rings is 1. The highest BCUT2D eigenvalue weighted by Crippen LogP contribution is 1.79. The summed E-state index contributed by atoms with van der Waals surface area (Å²) in [5.41, 5.74) is 0. The van der Waals surface area contributed by atoms with E-state index in [1.165, 1.54) is 12.3 Å². The van der Waals surface area contributed by atoms with Crippen LogP contribution in [0.15, 0.2) is 29.0 Å². The van der Waals surface area contributed by atoms with Crippen LogP contribution in [0.1, 0.15) is 2.74 Å². The van der Waals surface area contributed by atoms with Gasteiger partial charge >= 0.3 is 0 Å². The summed E-state index contributed by atoms with van der Waals surface area (Å²) in [5, 5.41) is 0. The summed E-state index contributed by atoms with van der Waals surface area (Å²) >= 11 is 0. The first-order chi connectivity index (χ1) is 3.30. The van der Waals surface area contributed by atoms with Crippen LogP contribution in [0.5, 0.6) is 0 Å². The van der Waals surface area contributed by atoms with Crippen molar-refractivity contribution in [1.82, 2.24) is 0 Å². The molecule has 0 saturated heterocycles. The van der Waals surface area contributed by atoms with E-state index in [9.17, 15) is 0 Å². The molecule has 0 unspecified atom stereocenters. The van der Waals surface area contributed by atoms with Crippen LogP contribution in [0.2, 0.25) is 0 Å². The molecule has 0 aliphatic carbocycles. The molecule has 1 aromatic rings. The van der Waals surface area contributed by atoms with Gasteiger partial charge in [-0.05, 0) is 12.1 Å². The van der Waals surface area contributed by atoms with Crippen LogP contribution >= 0.6 is 0 Å². The molecule has 1 heteroatoms. The molecule has 0 N–H and O–H groups in total. The highest BCUT2D eigenvalue weighted by Gasteiger charge is 1.58. The van der Waals surface area contributed by atoms with Crippen molar-refractivity contribution in [3.63, 3.8) is 0 Å². The Morgan fingerprint density at radius 3 is 3.00 bits per heavy atom. The van der Waals surface area contributed by atoms with Crippen LogP contribution in [-0.2, 0) is 0 Å². The van der Waals surface area contributed by atoms with Gasteiger partial charge in [0.05, 0.1) is 13.9 Å². The summed E-state index contributed by atoms with van der Waals surface area (Å²) in [6, 6.07) is 1.57. The lowest BCUT2D eigenvalue weighted by molar-refractivity contribution is 0.567. The minimum Gasteiger partial charge on any atom is -0.473 e. The molecular formula is C4H4O. The molecule has 0 aliphatic rings. The highest BCUT2D eigenvalue weighted by molar-refractivity contribution is 4.79. The maximum atomic E-state index is 6.82. The standard InChI is InChI=1S/C4H4O/c1-2-4-5-3-1/h1-4H/i1D,3D. The predicted octanol–water partition coefficient (Wildman–Crippen LogP) is 1.28. The van der Waals surface area contributed by atoms with Gasteiger partial charge in [0, 0.05) is 0 Å². The summed E-state index contributed by atoms with van der Waals surface area (Å²) in [6.45, 7) is 0. The van der Waals surface area contributed by atoms with Gasteiger partial charge in [0.1, 0.15) is 1.37 Å². The molecule has 0 atom stereocenters. The monoisotopic (exact) mass is 70.0 g/mol. The van der Waals surface area contributed by atoms with Gasteiger partial charge < -0.3 is 4.42 Å². The fourth-order valence-electron chi connectivity index (χ4n) is 0.170. The van der Waals surface area contributed by atoms with Gasteiger partial charge in [0.25, 0.3) is 0 Å². The zero-order valence-electron chi connectivity index (χ0n) is 4.56. The molecule has 1 nitrogen and oxygen atoms in total. The van der Waals surface area contributed by atoms with E-state index in [0.29, 0.717) is 0 Å². The Hall–Kier alpha value is -0.720. The zero-order chi connectivity index (χ0) is 5.28. The van der Waals surface area contributed by atoms with E-state index in [0.717, 1.165) is 0 Å². The van der Waals surface area contributed by atoms with Crippen molar-refractivity contribution in [2.24, 2.45) is 0 Å². The minimum absolute atomic E-state index is 0.0694. The molecular weight excluding hydrogens is 64.0 g/mol. The lowest BCUT2D eigenvalue weighted by Gasteiger charge is -1.50. The Bertz CT molecular complexity index is 142. The van der Waals surface area contributed by atoms with Crippen LogP contribution in [0.25, 0.3) is 0 Å². The topological polar surface area (TPSA) is 13.1 Å². The van der Waals surface area contributed by atoms with Gasteiger partial charge in [-0.2, -0.15) is 0 Å². The minimum atomic E-state index is -0.0694. The van der Waals surface area contributed by atoms with Crippen LogP contribution < -0.4 is 0 Å². The summed E-state index contributed by atoms with van der Waals surface area (Å²) < 4.78 is 18.0. The first-order valence-electron chi connectivity index (χ1n) is 2.31. The van der Waals surface area contributed by atoms with Crippen LogP contribution in [0, 0.1) is 0 Å².